The summed E-state index contributed by atoms with van der Waals surface area (Å²) in [6.07, 6.45) is 0. The third kappa shape index (κ3) is 2.31. The van der Waals surface area contributed by atoms with Crippen LogP contribution < -0.4 is 4.74 Å². The summed E-state index contributed by atoms with van der Waals surface area (Å²) in [5.74, 6) is 0.460. The lowest BCUT2D eigenvalue weighted by atomic mass is 10.1. The van der Waals surface area contributed by atoms with Gasteiger partial charge in [0.05, 0.1) is 14.2 Å². The van der Waals surface area contributed by atoms with Gasteiger partial charge in [0.15, 0.2) is 0 Å². The maximum atomic E-state index is 11.6. The molecule has 0 unspecified atom stereocenters. The molecule has 1 aromatic heterocycles. The number of carbonyl (C=O) groups is 1. The van der Waals surface area contributed by atoms with Crippen LogP contribution in [0.5, 0.6) is 5.75 Å². The van der Waals surface area contributed by atoms with E-state index in [2.05, 4.69) is 0 Å². The molecule has 0 N–H and O–H groups in total. The Hall–Kier alpha value is -1.81. The van der Waals surface area contributed by atoms with Gasteiger partial charge in [-0.2, -0.15) is 0 Å². The lowest BCUT2D eigenvalue weighted by molar-refractivity contribution is 0.0607. The van der Waals surface area contributed by atoms with Crippen molar-refractivity contribution in [1.82, 2.24) is 0 Å². The molecule has 0 spiro atoms. The van der Waals surface area contributed by atoms with Crippen molar-refractivity contribution in [2.75, 3.05) is 14.2 Å². The molecular formula is C13H12O3S. The second-order valence-corrected chi connectivity index (χ2v) is 4.30. The van der Waals surface area contributed by atoms with Gasteiger partial charge in [-0.1, -0.05) is 12.1 Å². The van der Waals surface area contributed by atoms with Crippen LogP contribution in [-0.4, -0.2) is 20.2 Å². The number of esters is 1. The van der Waals surface area contributed by atoms with Crippen molar-refractivity contribution in [2.45, 2.75) is 0 Å². The van der Waals surface area contributed by atoms with Crippen LogP contribution in [0, 0.1) is 0 Å². The molecule has 1 aromatic carbocycles. The normalized spacial score (nSPS) is 10.0. The van der Waals surface area contributed by atoms with Gasteiger partial charge >= 0.3 is 5.97 Å². The third-order valence-corrected chi connectivity index (χ3v) is 3.31. The van der Waals surface area contributed by atoms with E-state index in [1.807, 2.05) is 35.7 Å². The minimum Gasteiger partial charge on any atom is -0.497 e. The van der Waals surface area contributed by atoms with Gasteiger partial charge < -0.3 is 9.47 Å². The number of methoxy groups -OCH3 is 2. The standard InChI is InChI=1S/C13H12O3S/c1-15-10-5-3-4-9(8-10)11-6-7-17-12(11)13(14)16-2/h3-8H,1-2H3. The molecule has 2 aromatic rings. The monoisotopic (exact) mass is 248 g/mol. The summed E-state index contributed by atoms with van der Waals surface area (Å²) >= 11 is 1.38. The van der Waals surface area contributed by atoms with E-state index >= 15 is 0 Å². The second kappa shape index (κ2) is 5.01. The first-order valence-corrected chi connectivity index (χ1v) is 5.94. The predicted molar refractivity (Wildman–Crippen MR) is 67.6 cm³/mol. The molecule has 88 valence electrons. The molecule has 0 amide bonds. The summed E-state index contributed by atoms with van der Waals surface area (Å²) < 4.78 is 9.92. The van der Waals surface area contributed by atoms with Crippen molar-refractivity contribution in [3.05, 3.63) is 40.6 Å². The molecule has 17 heavy (non-hydrogen) atoms. The van der Waals surface area contributed by atoms with Crippen molar-refractivity contribution in [1.29, 1.82) is 0 Å². The number of hydrogen-bond acceptors (Lipinski definition) is 4. The van der Waals surface area contributed by atoms with Gasteiger partial charge in [-0.3, -0.25) is 0 Å². The van der Waals surface area contributed by atoms with E-state index in [0.717, 1.165) is 16.9 Å². The fourth-order valence-electron chi connectivity index (χ4n) is 1.58. The Kier molecular flexibility index (Phi) is 3.44. The predicted octanol–water partition coefficient (Wildman–Crippen LogP) is 3.21. The van der Waals surface area contributed by atoms with Gasteiger partial charge in [-0.25, -0.2) is 4.79 Å². The minimum atomic E-state index is -0.308. The molecule has 1 heterocycles. The molecule has 0 saturated carbocycles. The lowest BCUT2D eigenvalue weighted by Gasteiger charge is -2.05. The Morgan fingerprint density at radius 3 is 2.76 bits per heavy atom. The molecule has 2 rings (SSSR count). The Balaban J connectivity index is 2.45. The van der Waals surface area contributed by atoms with Gasteiger partial charge in [0.1, 0.15) is 10.6 Å². The van der Waals surface area contributed by atoms with E-state index in [9.17, 15) is 4.79 Å². The highest BCUT2D eigenvalue weighted by Crippen LogP contribution is 2.30. The number of hydrogen-bond donors (Lipinski definition) is 0. The largest absolute Gasteiger partial charge is 0.497 e. The average Bonchev–Trinajstić information content (AvgIpc) is 2.87. The molecule has 0 aliphatic carbocycles. The number of carbonyl (C=O) groups excluding carboxylic acids is 1. The zero-order valence-corrected chi connectivity index (χ0v) is 10.4. The molecule has 0 fully saturated rings. The lowest BCUT2D eigenvalue weighted by Crippen LogP contribution is -1.99. The number of ether oxygens (including phenoxy) is 2. The number of thiophene rings is 1. The van der Waals surface area contributed by atoms with Crippen molar-refractivity contribution < 1.29 is 14.3 Å². The van der Waals surface area contributed by atoms with Crippen molar-refractivity contribution in [2.24, 2.45) is 0 Å². The molecule has 0 saturated heterocycles. The topological polar surface area (TPSA) is 35.5 Å². The highest BCUT2D eigenvalue weighted by molar-refractivity contribution is 7.12. The molecular weight excluding hydrogens is 236 g/mol. The van der Waals surface area contributed by atoms with E-state index < -0.39 is 0 Å². The van der Waals surface area contributed by atoms with E-state index in [1.165, 1.54) is 18.4 Å². The van der Waals surface area contributed by atoms with E-state index in [1.54, 1.807) is 7.11 Å². The fourth-order valence-corrected chi connectivity index (χ4v) is 2.41. The van der Waals surface area contributed by atoms with Crippen LogP contribution >= 0.6 is 11.3 Å². The number of rotatable bonds is 3. The van der Waals surface area contributed by atoms with Crippen LogP contribution in [0.1, 0.15) is 9.67 Å². The zero-order valence-electron chi connectivity index (χ0n) is 9.60. The van der Waals surface area contributed by atoms with Crippen LogP contribution in [0.4, 0.5) is 0 Å². The molecule has 0 bridgehead atoms. The molecule has 0 radical (unpaired) electrons. The van der Waals surface area contributed by atoms with Gasteiger partial charge in [0, 0.05) is 5.56 Å². The van der Waals surface area contributed by atoms with Crippen molar-refractivity contribution in [3.63, 3.8) is 0 Å². The van der Waals surface area contributed by atoms with E-state index in [-0.39, 0.29) is 5.97 Å². The first-order chi connectivity index (χ1) is 8.26. The first kappa shape index (κ1) is 11.7. The van der Waals surface area contributed by atoms with E-state index in [0.29, 0.717) is 4.88 Å². The highest BCUT2D eigenvalue weighted by Gasteiger charge is 2.14. The molecule has 0 atom stereocenters. The van der Waals surface area contributed by atoms with Crippen LogP contribution in [0.15, 0.2) is 35.7 Å². The Morgan fingerprint density at radius 1 is 1.24 bits per heavy atom. The Labute approximate surface area is 104 Å². The van der Waals surface area contributed by atoms with Crippen molar-refractivity contribution >= 4 is 17.3 Å². The van der Waals surface area contributed by atoms with Crippen molar-refractivity contribution in [3.8, 4) is 16.9 Å². The summed E-state index contributed by atoms with van der Waals surface area (Å²) in [5.41, 5.74) is 1.83. The molecule has 0 aliphatic rings. The van der Waals surface area contributed by atoms with E-state index in [4.69, 9.17) is 9.47 Å². The third-order valence-electron chi connectivity index (χ3n) is 2.42. The van der Waals surface area contributed by atoms with Crippen LogP contribution in [-0.2, 0) is 4.74 Å². The summed E-state index contributed by atoms with van der Waals surface area (Å²) in [4.78, 5) is 12.2. The van der Waals surface area contributed by atoms with Gasteiger partial charge in [0.2, 0.25) is 0 Å². The molecule has 3 nitrogen and oxygen atoms in total. The van der Waals surface area contributed by atoms with Crippen LogP contribution in [0.3, 0.4) is 0 Å². The summed E-state index contributed by atoms with van der Waals surface area (Å²) in [6.45, 7) is 0. The molecule has 4 heteroatoms. The maximum absolute atomic E-state index is 11.6. The second-order valence-electron chi connectivity index (χ2n) is 3.39. The maximum Gasteiger partial charge on any atom is 0.348 e. The fraction of sp³-hybridized carbons (Fsp3) is 0.154. The smallest absolute Gasteiger partial charge is 0.348 e. The summed E-state index contributed by atoms with van der Waals surface area (Å²) in [5, 5.41) is 1.88. The van der Waals surface area contributed by atoms with Crippen LogP contribution in [0.25, 0.3) is 11.1 Å². The average molecular weight is 248 g/mol. The van der Waals surface area contributed by atoms with Gasteiger partial charge in [-0.15, -0.1) is 11.3 Å². The van der Waals surface area contributed by atoms with Crippen LogP contribution in [0.2, 0.25) is 0 Å². The first-order valence-electron chi connectivity index (χ1n) is 5.06. The zero-order chi connectivity index (χ0) is 12.3. The Morgan fingerprint density at radius 2 is 2.06 bits per heavy atom. The minimum absolute atomic E-state index is 0.308. The highest BCUT2D eigenvalue weighted by atomic mass is 32.1. The summed E-state index contributed by atoms with van der Waals surface area (Å²) in [7, 11) is 3.01. The van der Waals surface area contributed by atoms with Gasteiger partial charge in [-0.05, 0) is 29.1 Å². The Bertz CT molecular complexity index is 531. The molecule has 0 aliphatic heterocycles. The SMILES string of the molecule is COC(=O)c1sccc1-c1cccc(OC)c1. The van der Waals surface area contributed by atoms with Gasteiger partial charge in [0.25, 0.3) is 0 Å². The summed E-state index contributed by atoms with van der Waals surface area (Å²) in [6, 6.07) is 9.51. The quantitative estimate of drug-likeness (QED) is 0.782. The number of benzene rings is 1.